The highest BCUT2D eigenvalue weighted by molar-refractivity contribution is 5.92. The predicted octanol–water partition coefficient (Wildman–Crippen LogP) is 2.40. The number of carbonyl (C=O) groups is 1. The molecule has 0 fully saturated rings. The van der Waals surface area contributed by atoms with Gasteiger partial charge in [-0.2, -0.15) is 0 Å². The molecule has 18 heavy (non-hydrogen) atoms. The molecule has 0 saturated carbocycles. The molecule has 2 N–H and O–H groups in total. The van der Waals surface area contributed by atoms with E-state index in [1.165, 1.54) is 5.56 Å². The van der Waals surface area contributed by atoms with Crippen molar-refractivity contribution in [2.45, 2.75) is 18.3 Å². The largest absolute Gasteiger partial charge is 0.369 e. The van der Waals surface area contributed by atoms with Crippen molar-refractivity contribution in [1.29, 1.82) is 0 Å². The number of benzene rings is 2. The Morgan fingerprint density at radius 2 is 1.67 bits per heavy atom. The molecule has 0 saturated heterocycles. The lowest BCUT2D eigenvalue weighted by Gasteiger charge is -2.27. The van der Waals surface area contributed by atoms with Gasteiger partial charge in [-0.1, -0.05) is 54.6 Å². The van der Waals surface area contributed by atoms with E-state index in [2.05, 4.69) is 6.07 Å². The minimum absolute atomic E-state index is 0.251. The number of aryl methyl sites for hydroxylation is 1. The van der Waals surface area contributed by atoms with Gasteiger partial charge < -0.3 is 5.73 Å². The van der Waals surface area contributed by atoms with Crippen LogP contribution in [0.2, 0.25) is 0 Å². The zero-order chi connectivity index (χ0) is 12.6. The summed E-state index contributed by atoms with van der Waals surface area (Å²) in [6.07, 6.45) is 1.68. The maximum Gasteiger partial charge on any atom is 0.232 e. The molecule has 2 aromatic carbocycles. The molecule has 1 aliphatic carbocycles. The normalized spacial score (nSPS) is 21.6. The summed E-state index contributed by atoms with van der Waals surface area (Å²) in [6, 6.07) is 18.0. The van der Waals surface area contributed by atoms with Gasteiger partial charge in [0, 0.05) is 0 Å². The Morgan fingerprint density at radius 3 is 2.39 bits per heavy atom. The molecular formula is C16H15NO. The fourth-order valence-electron chi connectivity index (χ4n) is 3.03. The molecule has 2 nitrogen and oxygen atoms in total. The van der Waals surface area contributed by atoms with E-state index >= 15 is 0 Å². The molecule has 90 valence electrons. The van der Waals surface area contributed by atoms with Gasteiger partial charge in [0.2, 0.25) is 5.91 Å². The Kier molecular flexibility index (Phi) is 2.44. The highest BCUT2D eigenvalue weighted by Gasteiger charge is 2.45. The van der Waals surface area contributed by atoms with Crippen molar-refractivity contribution < 1.29 is 4.79 Å². The number of hydrogen-bond acceptors (Lipinski definition) is 1. The van der Waals surface area contributed by atoms with Crippen LogP contribution in [-0.2, 0) is 16.6 Å². The molecule has 0 aromatic heterocycles. The average molecular weight is 237 g/mol. The van der Waals surface area contributed by atoms with E-state index in [-0.39, 0.29) is 5.91 Å². The first-order valence-electron chi connectivity index (χ1n) is 6.19. The van der Waals surface area contributed by atoms with Crippen LogP contribution in [-0.4, -0.2) is 5.91 Å². The average Bonchev–Trinajstić information content (AvgIpc) is 2.80. The van der Waals surface area contributed by atoms with Gasteiger partial charge >= 0.3 is 0 Å². The van der Waals surface area contributed by atoms with Crippen LogP contribution in [0.3, 0.4) is 0 Å². The van der Waals surface area contributed by atoms with Crippen molar-refractivity contribution >= 4 is 5.91 Å². The molecule has 2 heteroatoms. The van der Waals surface area contributed by atoms with Crippen molar-refractivity contribution in [2.24, 2.45) is 5.73 Å². The number of hydrogen-bond donors (Lipinski definition) is 1. The smallest absolute Gasteiger partial charge is 0.232 e. The summed E-state index contributed by atoms with van der Waals surface area (Å²) in [7, 11) is 0. The standard InChI is InChI=1S/C16H15NO/c17-15(18)16(13-7-2-1-3-8-13)11-10-12-6-4-5-9-14(12)16/h1-9H,10-11H2,(H2,17,18)/t16-/m1/s1. The van der Waals surface area contributed by atoms with E-state index in [0.29, 0.717) is 0 Å². The first kappa shape index (κ1) is 11.0. The summed E-state index contributed by atoms with van der Waals surface area (Å²) >= 11 is 0. The number of amides is 1. The van der Waals surface area contributed by atoms with Crippen molar-refractivity contribution in [2.75, 3.05) is 0 Å². The fraction of sp³-hybridized carbons (Fsp3) is 0.188. The summed E-state index contributed by atoms with van der Waals surface area (Å²) in [5.41, 5.74) is 8.41. The summed E-state index contributed by atoms with van der Waals surface area (Å²) in [6.45, 7) is 0. The molecule has 2 aromatic rings. The fourth-order valence-corrected chi connectivity index (χ4v) is 3.03. The van der Waals surface area contributed by atoms with E-state index in [1.807, 2.05) is 48.5 Å². The topological polar surface area (TPSA) is 43.1 Å². The van der Waals surface area contributed by atoms with Crippen LogP contribution < -0.4 is 5.73 Å². The predicted molar refractivity (Wildman–Crippen MR) is 71.2 cm³/mol. The molecule has 0 unspecified atom stereocenters. The van der Waals surface area contributed by atoms with Crippen LogP contribution in [0.5, 0.6) is 0 Å². The number of carbonyl (C=O) groups excluding carboxylic acids is 1. The molecule has 0 heterocycles. The highest BCUT2D eigenvalue weighted by Crippen LogP contribution is 2.43. The number of fused-ring (bicyclic) bond motifs is 1. The van der Waals surface area contributed by atoms with Crippen LogP contribution in [0.4, 0.5) is 0 Å². The van der Waals surface area contributed by atoms with Crippen LogP contribution in [0.25, 0.3) is 0 Å². The molecule has 3 rings (SSSR count). The van der Waals surface area contributed by atoms with Gasteiger partial charge in [-0.25, -0.2) is 0 Å². The monoisotopic (exact) mass is 237 g/mol. The third kappa shape index (κ3) is 1.39. The molecule has 0 bridgehead atoms. The van der Waals surface area contributed by atoms with Crippen molar-refractivity contribution in [3.05, 3.63) is 71.3 Å². The second kappa shape index (κ2) is 3.98. The van der Waals surface area contributed by atoms with E-state index < -0.39 is 5.41 Å². The maximum absolute atomic E-state index is 12.1. The Balaban J connectivity index is 2.25. The maximum atomic E-state index is 12.1. The molecule has 1 amide bonds. The van der Waals surface area contributed by atoms with Gasteiger partial charge in [0.05, 0.1) is 5.41 Å². The lowest BCUT2D eigenvalue weighted by Crippen LogP contribution is -2.40. The van der Waals surface area contributed by atoms with Gasteiger partial charge in [-0.05, 0) is 29.5 Å². The van der Waals surface area contributed by atoms with Gasteiger partial charge in [0.25, 0.3) is 0 Å². The first-order valence-corrected chi connectivity index (χ1v) is 6.19. The second-order valence-corrected chi connectivity index (χ2v) is 4.79. The van der Waals surface area contributed by atoms with Gasteiger partial charge in [0.15, 0.2) is 0 Å². The molecular weight excluding hydrogens is 222 g/mol. The summed E-state index contributed by atoms with van der Waals surface area (Å²) in [5, 5.41) is 0. The Labute approximate surface area is 106 Å². The molecule has 1 atom stereocenters. The SMILES string of the molecule is NC(=O)[C@@]1(c2ccccc2)CCc2ccccc21. The number of nitrogens with two attached hydrogens (primary N) is 1. The molecule has 0 spiro atoms. The quantitative estimate of drug-likeness (QED) is 0.856. The van der Waals surface area contributed by atoms with Gasteiger partial charge in [-0.15, -0.1) is 0 Å². The summed E-state index contributed by atoms with van der Waals surface area (Å²) in [4.78, 5) is 12.1. The zero-order valence-corrected chi connectivity index (χ0v) is 10.1. The summed E-state index contributed by atoms with van der Waals surface area (Å²) < 4.78 is 0. The van der Waals surface area contributed by atoms with E-state index in [1.54, 1.807) is 0 Å². The third-order valence-electron chi connectivity index (χ3n) is 3.93. The molecule has 1 aliphatic rings. The van der Waals surface area contributed by atoms with Crippen LogP contribution in [0.15, 0.2) is 54.6 Å². The lowest BCUT2D eigenvalue weighted by molar-refractivity contribution is -0.122. The van der Waals surface area contributed by atoms with E-state index in [4.69, 9.17) is 5.73 Å². The summed E-state index contributed by atoms with van der Waals surface area (Å²) in [5.74, 6) is -0.251. The minimum atomic E-state index is -0.641. The Morgan fingerprint density at radius 1 is 1.00 bits per heavy atom. The van der Waals surface area contributed by atoms with Gasteiger partial charge in [-0.3, -0.25) is 4.79 Å². The van der Waals surface area contributed by atoms with Gasteiger partial charge in [0.1, 0.15) is 0 Å². The third-order valence-corrected chi connectivity index (χ3v) is 3.93. The Hall–Kier alpha value is -2.09. The highest BCUT2D eigenvalue weighted by atomic mass is 16.1. The second-order valence-electron chi connectivity index (χ2n) is 4.79. The molecule has 0 aliphatic heterocycles. The minimum Gasteiger partial charge on any atom is -0.369 e. The van der Waals surface area contributed by atoms with Crippen LogP contribution in [0.1, 0.15) is 23.1 Å². The van der Waals surface area contributed by atoms with Crippen molar-refractivity contribution in [3.8, 4) is 0 Å². The van der Waals surface area contributed by atoms with Crippen molar-refractivity contribution in [3.63, 3.8) is 0 Å². The van der Waals surface area contributed by atoms with E-state index in [0.717, 1.165) is 24.0 Å². The zero-order valence-electron chi connectivity index (χ0n) is 10.1. The lowest BCUT2D eigenvalue weighted by atomic mass is 9.75. The number of primary amides is 1. The van der Waals surface area contributed by atoms with Crippen molar-refractivity contribution in [1.82, 2.24) is 0 Å². The number of rotatable bonds is 2. The molecule has 0 radical (unpaired) electrons. The Bertz CT molecular complexity index is 591. The van der Waals surface area contributed by atoms with Crippen LogP contribution in [0, 0.1) is 0 Å². The van der Waals surface area contributed by atoms with E-state index in [9.17, 15) is 4.79 Å². The van der Waals surface area contributed by atoms with Crippen LogP contribution >= 0.6 is 0 Å². The first-order chi connectivity index (χ1) is 8.75.